The van der Waals surface area contributed by atoms with Crippen molar-refractivity contribution in [2.45, 2.75) is 18.2 Å². The van der Waals surface area contributed by atoms with Gasteiger partial charge in [0.05, 0.1) is 12.7 Å². The van der Waals surface area contributed by atoms with Gasteiger partial charge in [0, 0.05) is 5.75 Å². The number of hydrogen-bond donors (Lipinski definition) is 2. The number of hydrogen-bond acceptors (Lipinski definition) is 5. The molecule has 0 amide bonds. The Morgan fingerprint density at radius 2 is 2.00 bits per heavy atom. The highest BCUT2D eigenvalue weighted by atomic mass is 32.2. The van der Waals surface area contributed by atoms with Gasteiger partial charge in [0.15, 0.2) is 0 Å². The molecule has 0 saturated carbocycles. The normalized spacial score (nSPS) is 11.9. The molecular formula is C13H17NO4S. The monoisotopic (exact) mass is 283 g/mol. The minimum absolute atomic E-state index is 0.279. The second kappa shape index (κ2) is 7.81. The zero-order chi connectivity index (χ0) is 14.3. The molecule has 1 unspecified atom stereocenters. The molecule has 0 aliphatic heterocycles. The molecule has 0 bridgehead atoms. The van der Waals surface area contributed by atoms with Crippen LogP contribution in [0, 0.1) is 0 Å². The van der Waals surface area contributed by atoms with Gasteiger partial charge < -0.3 is 15.6 Å². The minimum atomic E-state index is -0.928. The Balaban J connectivity index is 2.29. The van der Waals surface area contributed by atoms with Crippen molar-refractivity contribution >= 4 is 23.7 Å². The number of carboxylic acids is 1. The largest absolute Gasteiger partial charge is 0.478 e. The van der Waals surface area contributed by atoms with E-state index in [0.29, 0.717) is 6.42 Å². The molecule has 0 aliphatic carbocycles. The Bertz CT molecular complexity index is 433. The zero-order valence-corrected chi connectivity index (χ0v) is 11.5. The van der Waals surface area contributed by atoms with Crippen LogP contribution in [0.3, 0.4) is 0 Å². The maximum absolute atomic E-state index is 11.1. The van der Waals surface area contributed by atoms with Gasteiger partial charge in [0.2, 0.25) is 0 Å². The molecule has 0 aromatic heterocycles. The molecule has 6 heteroatoms. The fourth-order valence-corrected chi connectivity index (χ4v) is 2.41. The van der Waals surface area contributed by atoms with E-state index in [1.165, 1.54) is 7.11 Å². The van der Waals surface area contributed by atoms with Gasteiger partial charge in [-0.2, -0.15) is 11.8 Å². The summed E-state index contributed by atoms with van der Waals surface area (Å²) in [5, 5.41) is 8.76. The summed E-state index contributed by atoms with van der Waals surface area (Å²) in [6.45, 7) is 0. The van der Waals surface area contributed by atoms with Gasteiger partial charge in [0.1, 0.15) is 6.04 Å². The molecule has 3 N–H and O–H groups in total. The third-order valence-corrected chi connectivity index (χ3v) is 3.61. The van der Waals surface area contributed by atoms with Crippen molar-refractivity contribution in [3.63, 3.8) is 0 Å². The lowest BCUT2D eigenvalue weighted by atomic mass is 10.1. The van der Waals surface area contributed by atoms with Crippen molar-refractivity contribution in [1.82, 2.24) is 0 Å². The van der Waals surface area contributed by atoms with Crippen LogP contribution in [0.15, 0.2) is 24.3 Å². The lowest BCUT2D eigenvalue weighted by Gasteiger charge is -2.08. The number of esters is 1. The molecule has 1 aromatic carbocycles. The number of thioether (sulfide) groups is 1. The molecule has 0 aliphatic rings. The summed E-state index contributed by atoms with van der Waals surface area (Å²) in [6.07, 6.45) is 0.560. The lowest BCUT2D eigenvalue weighted by Crippen LogP contribution is -2.31. The van der Waals surface area contributed by atoms with Crippen molar-refractivity contribution in [3.05, 3.63) is 35.4 Å². The van der Waals surface area contributed by atoms with Crippen molar-refractivity contribution in [3.8, 4) is 0 Å². The van der Waals surface area contributed by atoms with Crippen molar-refractivity contribution in [2.75, 3.05) is 12.9 Å². The van der Waals surface area contributed by atoms with Gasteiger partial charge in [-0.15, -0.1) is 0 Å². The first-order valence-corrected chi connectivity index (χ1v) is 6.93. The van der Waals surface area contributed by atoms with Crippen molar-refractivity contribution in [1.29, 1.82) is 0 Å². The molecule has 1 rings (SSSR count). The summed E-state index contributed by atoms with van der Waals surface area (Å²) in [4.78, 5) is 21.7. The van der Waals surface area contributed by atoms with Gasteiger partial charge in [-0.25, -0.2) is 4.79 Å². The SMILES string of the molecule is COC(=O)C(N)CCSCc1ccc(C(=O)O)cc1. The van der Waals surface area contributed by atoms with Gasteiger partial charge in [0.25, 0.3) is 0 Å². The van der Waals surface area contributed by atoms with Gasteiger partial charge in [-0.1, -0.05) is 12.1 Å². The van der Waals surface area contributed by atoms with E-state index < -0.39 is 18.0 Å². The first-order chi connectivity index (χ1) is 9.04. The predicted octanol–water partition coefficient (Wildman–Crippen LogP) is 1.51. The van der Waals surface area contributed by atoms with Gasteiger partial charge >= 0.3 is 11.9 Å². The average Bonchev–Trinajstić information content (AvgIpc) is 2.42. The molecule has 1 atom stereocenters. The Morgan fingerprint density at radius 1 is 1.37 bits per heavy atom. The lowest BCUT2D eigenvalue weighted by molar-refractivity contribution is -0.142. The van der Waals surface area contributed by atoms with E-state index in [4.69, 9.17) is 10.8 Å². The van der Waals surface area contributed by atoms with Crippen LogP contribution in [0.4, 0.5) is 0 Å². The summed E-state index contributed by atoms with van der Waals surface area (Å²) in [7, 11) is 1.32. The maximum atomic E-state index is 11.1. The van der Waals surface area contributed by atoms with Crippen LogP contribution in [0.1, 0.15) is 22.3 Å². The first kappa shape index (κ1) is 15.5. The highest BCUT2D eigenvalue weighted by Crippen LogP contribution is 2.14. The van der Waals surface area contributed by atoms with Crippen LogP contribution < -0.4 is 5.73 Å². The summed E-state index contributed by atoms with van der Waals surface area (Å²) in [6, 6.07) is 6.16. The predicted molar refractivity (Wildman–Crippen MR) is 74.2 cm³/mol. The van der Waals surface area contributed by atoms with E-state index in [1.807, 2.05) is 0 Å². The Labute approximate surface area is 116 Å². The van der Waals surface area contributed by atoms with E-state index in [1.54, 1.807) is 36.0 Å². The Hall–Kier alpha value is -1.53. The summed E-state index contributed by atoms with van der Waals surface area (Å²) >= 11 is 1.64. The molecule has 1 aromatic rings. The zero-order valence-electron chi connectivity index (χ0n) is 10.7. The molecule has 0 fully saturated rings. The molecule has 5 nitrogen and oxygen atoms in total. The number of benzene rings is 1. The van der Waals surface area contributed by atoms with Crippen LogP contribution in [0.5, 0.6) is 0 Å². The smallest absolute Gasteiger partial charge is 0.335 e. The molecule has 0 spiro atoms. The van der Waals surface area contributed by atoms with Crippen LogP contribution in [-0.4, -0.2) is 35.9 Å². The highest BCUT2D eigenvalue weighted by molar-refractivity contribution is 7.98. The molecule has 0 radical (unpaired) electrons. The number of methoxy groups -OCH3 is 1. The second-order valence-corrected chi connectivity index (χ2v) is 5.08. The van der Waals surface area contributed by atoms with Crippen LogP contribution in [-0.2, 0) is 15.3 Å². The van der Waals surface area contributed by atoms with Gasteiger partial charge in [-0.05, 0) is 29.9 Å². The average molecular weight is 283 g/mol. The maximum Gasteiger partial charge on any atom is 0.335 e. The number of ether oxygens (including phenoxy) is 1. The summed E-state index contributed by atoms with van der Waals surface area (Å²) in [5.74, 6) is 0.180. The van der Waals surface area contributed by atoms with E-state index in [2.05, 4.69) is 4.74 Å². The van der Waals surface area contributed by atoms with E-state index >= 15 is 0 Å². The number of aromatic carboxylic acids is 1. The van der Waals surface area contributed by atoms with Crippen LogP contribution in [0.25, 0.3) is 0 Å². The third kappa shape index (κ3) is 5.32. The molecule has 0 saturated heterocycles. The van der Waals surface area contributed by atoms with Crippen LogP contribution in [0.2, 0.25) is 0 Å². The van der Waals surface area contributed by atoms with E-state index in [-0.39, 0.29) is 5.56 Å². The van der Waals surface area contributed by atoms with Crippen molar-refractivity contribution in [2.24, 2.45) is 5.73 Å². The fourth-order valence-electron chi connectivity index (χ4n) is 1.41. The standard InChI is InChI=1S/C13H17NO4S/c1-18-13(17)11(14)6-7-19-8-9-2-4-10(5-3-9)12(15)16/h2-5,11H,6-8,14H2,1H3,(H,15,16). The van der Waals surface area contributed by atoms with E-state index in [0.717, 1.165) is 17.1 Å². The molecular weight excluding hydrogens is 266 g/mol. The number of rotatable bonds is 7. The third-order valence-electron chi connectivity index (χ3n) is 2.55. The number of carbonyl (C=O) groups excluding carboxylic acids is 1. The second-order valence-electron chi connectivity index (χ2n) is 3.97. The number of carbonyl (C=O) groups is 2. The Kier molecular flexibility index (Phi) is 6.38. The van der Waals surface area contributed by atoms with Gasteiger partial charge in [-0.3, -0.25) is 4.79 Å². The topological polar surface area (TPSA) is 89.6 Å². The fraction of sp³-hybridized carbons (Fsp3) is 0.385. The highest BCUT2D eigenvalue weighted by Gasteiger charge is 2.12. The Morgan fingerprint density at radius 3 is 2.53 bits per heavy atom. The minimum Gasteiger partial charge on any atom is -0.478 e. The molecule has 19 heavy (non-hydrogen) atoms. The van der Waals surface area contributed by atoms with Crippen molar-refractivity contribution < 1.29 is 19.4 Å². The molecule has 0 heterocycles. The van der Waals surface area contributed by atoms with E-state index in [9.17, 15) is 9.59 Å². The molecule has 104 valence electrons. The number of carboxylic acid groups (broad SMARTS) is 1. The summed E-state index contributed by atoms with van der Waals surface area (Å²) in [5.41, 5.74) is 6.93. The summed E-state index contributed by atoms with van der Waals surface area (Å²) < 4.78 is 4.53. The first-order valence-electron chi connectivity index (χ1n) is 5.78. The number of nitrogens with two attached hydrogens (primary N) is 1. The quantitative estimate of drug-likeness (QED) is 0.582. The van der Waals surface area contributed by atoms with Crippen LogP contribution >= 0.6 is 11.8 Å².